The van der Waals surface area contributed by atoms with Gasteiger partial charge in [-0.3, -0.25) is 4.79 Å². The Morgan fingerprint density at radius 1 is 1.20 bits per heavy atom. The molecule has 0 bridgehead atoms. The van der Waals surface area contributed by atoms with E-state index in [2.05, 4.69) is 21.9 Å². The van der Waals surface area contributed by atoms with E-state index in [9.17, 15) is 4.79 Å². The first kappa shape index (κ1) is 23.8. The third kappa shape index (κ3) is 10.4. The molecule has 0 saturated carbocycles. The number of rotatable bonds is 9. The number of carbonyl (C=O) groups is 1. The number of ether oxygens (including phenoxy) is 1. The quantitative estimate of drug-likeness (QED) is 0.245. The summed E-state index contributed by atoms with van der Waals surface area (Å²) in [7, 11) is 5.13. The fraction of sp³-hybridized carbons (Fsp3) is 0.529. The van der Waals surface area contributed by atoms with Crippen molar-refractivity contribution in [1.29, 1.82) is 0 Å². The Bertz CT molecular complexity index is 524. The smallest absolute Gasteiger partial charge is 0.243 e. The molecular weight excluding hydrogens is 451 g/mol. The summed E-state index contributed by atoms with van der Waals surface area (Å²) in [6, 6.07) is 8.01. The molecule has 0 fully saturated rings. The Labute approximate surface area is 172 Å². The van der Waals surface area contributed by atoms with E-state index in [0.29, 0.717) is 5.96 Å². The van der Waals surface area contributed by atoms with Gasteiger partial charge in [-0.05, 0) is 30.4 Å². The molecule has 6 nitrogen and oxygen atoms in total. The molecular formula is C17H29IN4O2S. The highest BCUT2D eigenvalue weighted by atomic mass is 127. The second-order valence-corrected chi connectivity index (χ2v) is 6.38. The maximum absolute atomic E-state index is 11.7. The van der Waals surface area contributed by atoms with Gasteiger partial charge in [-0.15, -0.1) is 24.0 Å². The number of halogens is 1. The van der Waals surface area contributed by atoms with E-state index in [-0.39, 0.29) is 36.4 Å². The number of nitrogens with one attached hydrogen (secondary N) is 2. The summed E-state index contributed by atoms with van der Waals surface area (Å²) in [4.78, 5) is 17.6. The van der Waals surface area contributed by atoms with E-state index in [1.54, 1.807) is 37.9 Å². The minimum Gasteiger partial charge on any atom is -0.497 e. The molecule has 0 unspecified atom stereocenters. The van der Waals surface area contributed by atoms with Crippen molar-refractivity contribution in [3.63, 3.8) is 0 Å². The van der Waals surface area contributed by atoms with Gasteiger partial charge in [0.1, 0.15) is 12.3 Å². The monoisotopic (exact) mass is 480 g/mol. The molecule has 1 amide bonds. The largest absolute Gasteiger partial charge is 0.497 e. The highest BCUT2D eigenvalue weighted by Crippen LogP contribution is 2.11. The molecule has 1 aromatic rings. The Balaban J connectivity index is 0.00000576. The van der Waals surface area contributed by atoms with Gasteiger partial charge in [0.2, 0.25) is 5.91 Å². The summed E-state index contributed by atoms with van der Waals surface area (Å²) in [5.74, 6) is 2.50. The minimum atomic E-state index is -0.0175. The van der Waals surface area contributed by atoms with Crippen molar-refractivity contribution in [2.24, 2.45) is 4.99 Å². The van der Waals surface area contributed by atoms with Crippen LogP contribution in [0.2, 0.25) is 0 Å². The number of nitrogens with zero attached hydrogens (tertiary/aromatic N) is 2. The van der Waals surface area contributed by atoms with Crippen molar-refractivity contribution in [3.05, 3.63) is 29.8 Å². The van der Waals surface area contributed by atoms with E-state index in [1.807, 2.05) is 24.3 Å². The fourth-order valence-electron chi connectivity index (χ4n) is 1.85. The Morgan fingerprint density at radius 3 is 2.40 bits per heavy atom. The number of hydrogen-bond donors (Lipinski definition) is 2. The molecule has 0 spiro atoms. The average molecular weight is 480 g/mol. The van der Waals surface area contributed by atoms with Crippen LogP contribution < -0.4 is 15.4 Å². The molecule has 1 rings (SSSR count). The summed E-state index contributed by atoms with van der Waals surface area (Å²) in [6.45, 7) is 1.70. The molecule has 1 aromatic carbocycles. The predicted octanol–water partition coefficient (Wildman–Crippen LogP) is 1.84. The lowest BCUT2D eigenvalue weighted by Gasteiger charge is -2.13. The van der Waals surface area contributed by atoms with Gasteiger partial charge in [0.15, 0.2) is 5.96 Å². The highest BCUT2D eigenvalue weighted by Gasteiger charge is 2.04. The number of benzene rings is 1. The molecule has 0 saturated heterocycles. The summed E-state index contributed by atoms with van der Waals surface area (Å²) < 4.78 is 5.16. The lowest BCUT2D eigenvalue weighted by atomic mass is 10.1. The standard InChI is InChI=1S/C17H28N4O2S.HI/c1-21(2)16(22)13-20-17(19-11-12-24-4)18-10-9-14-5-7-15(23-3)8-6-14;/h5-8H,9-13H2,1-4H3,(H2,18,19,20);1H. The first-order valence-electron chi connectivity index (χ1n) is 7.91. The number of amides is 1. The van der Waals surface area contributed by atoms with Crippen LogP contribution in [-0.2, 0) is 11.2 Å². The van der Waals surface area contributed by atoms with Gasteiger partial charge in [0.25, 0.3) is 0 Å². The number of hydrogen-bond acceptors (Lipinski definition) is 4. The van der Waals surface area contributed by atoms with Gasteiger partial charge in [0.05, 0.1) is 7.11 Å². The van der Waals surface area contributed by atoms with Crippen molar-refractivity contribution < 1.29 is 9.53 Å². The second-order valence-electron chi connectivity index (χ2n) is 5.40. The van der Waals surface area contributed by atoms with Crippen molar-refractivity contribution in [2.45, 2.75) is 6.42 Å². The second kappa shape index (κ2) is 14.1. The van der Waals surface area contributed by atoms with Crippen molar-refractivity contribution in [3.8, 4) is 5.75 Å². The van der Waals surface area contributed by atoms with E-state index in [1.165, 1.54) is 5.56 Å². The first-order chi connectivity index (χ1) is 11.6. The van der Waals surface area contributed by atoms with E-state index >= 15 is 0 Å². The van der Waals surface area contributed by atoms with Gasteiger partial charge in [-0.25, -0.2) is 4.99 Å². The molecule has 8 heteroatoms. The van der Waals surface area contributed by atoms with Crippen molar-refractivity contribution in [1.82, 2.24) is 15.5 Å². The SMILES string of the molecule is COc1ccc(CCNC(=NCC(=O)N(C)C)NCCSC)cc1.I. The zero-order valence-corrected chi connectivity index (χ0v) is 18.5. The molecule has 0 aliphatic carbocycles. The minimum absolute atomic E-state index is 0. The van der Waals surface area contributed by atoms with Crippen LogP contribution in [0, 0.1) is 0 Å². The Kier molecular flexibility index (Phi) is 13.4. The van der Waals surface area contributed by atoms with Crippen LogP contribution in [0.15, 0.2) is 29.3 Å². The molecule has 142 valence electrons. The number of aliphatic imine (C=N–C) groups is 1. The predicted molar refractivity (Wildman–Crippen MR) is 117 cm³/mol. The van der Waals surface area contributed by atoms with Crippen LogP contribution in [0.25, 0.3) is 0 Å². The maximum atomic E-state index is 11.7. The molecule has 0 aromatic heterocycles. The highest BCUT2D eigenvalue weighted by molar-refractivity contribution is 14.0. The van der Waals surface area contributed by atoms with Crippen molar-refractivity contribution in [2.75, 3.05) is 52.8 Å². The van der Waals surface area contributed by atoms with Crippen molar-refractivity contribution >= 4 is 47.6 Å². The van der Waals surface area contributed by atoms with E-state index < -0.39 is 0 Å². The molecule has 0 aliphatic heterocycles. The summed E-state index contributed by atoms with van der Waals surface area (Å²) in [6.07, 6.45) is 2.93. The fourth-order valence-corrected chi connectivity index (χ4v) is 2.16. The Morgan fingerprint density at radius 2 is 1.84 bits per heavy atom. The number of carbonyl (C=O) groups excluding carboxylic acids is 1. The van der Waals surface area contributed by atoms with Gasteiger partial charge in [-0.1, -0.05) is 12.1 Å². The van der Waals surface area contributed by atoms with Gasteiger partial charge in [-0.2, -0.15) is 11.8 Å². The van der Waals surface area contributed by atoms with Gasteiger partial charge in [0, 0.05) is 32.9 Å². The van der Waals surface area contributed by atoms with Crippen LogP contribution in [-0.4, -0.2) is 69.6 Å². The third-order valence-corrected chi connectivity index (χ3v) is 3.95. The molecule has 0 radical (unpaired) electrons. The van der Waals surface area contributed by atoms with Crippen LogP contribution in [0.4, 0.5) is 0 Å². The number of thioether (sulfide) groups is 1. The molecule has 25 heavy (non-hydrogen) atoms. The molecule has 2 N–H and O–H groups in total. The number of methoxy groups -OCH3 is 1. The van der Waals surface area contributed by atoms with E-state index in [4.69, 9.17) is 4.74 Å². The molecule has 0 heterocycles. The summed E-state index contributed by atoms with van der Waals surface area (Å²) in [5.41, 5.74) is 1.22. The van der Waals surface area contributed by atoms with E-state index in [0.717, 1.165) is 31.0 Å². The number of guanidine groups is 1. The van der Waals surface area contributed by atoms with Crippen LogP contribution in [0.5, 0.6) is 5.75 Å². The zero-order chi connectivity index (χ0) is 17.8. The van der Waals surface area contributed by atoms with Gasteiger partial charge < -0.3 is 20.3 Å². The molecule has 0 atom stereocenters. The first-order valence-corrected chi connectivity index (χ1v) is 9.30. The average Bonchev–Trinajstić information content (AvgIpc) is 2.59. The summed E-state index contributed by atoms with van der Waals surface area (Å²) >= 11 is 1.76. The third-order valence-electron chi connectivity index (χ3n) is 3.34. The van der Waals surface area contributed by atoms with Crippen LogP contribution in [0.1, 0.15) is 5.56 Å². The normalized spacial score (nSPS) is 10.6. The van der Waals surface area contributed by atoms with Gasteiger partial charge >= 0.3 is 0 Å². The summed E-state index contributed by atoms with van der Waals surface area (Å²) in [5, 5.41) is 6.52. The maximum Gasteiger partial charge on any atom is 0.243 e. The topological polar surface area (TPSA) is 66.0 Å². The molecule has 0 aliphatic rings. The van der Waals surface area contributed by atoms with Crippen LogP contribution >= 0.6 is 35.7 Å². The zero-order valence-electron chi connectivity index (χ0n) is 15.4. The lowest BCUT2D eigenvalue weighted by molar-refractivity contribution is -0.127. The van der Waals surface area contributed by atoms with Crippen LogP contribution in [0.3, 0.4) is 0 Å². The number of likely N-dealkylation sites (N-methyl/N-ethyl adjacent to an activating group) is 1. The lowest BCUT2D eigenvalue weighted by Crippen LogP contribution is -2.40. The Hall–Kier alpha value is -1.16.